The summed E-state index contributed by atoms with van der Waals surface area (Å²) in [4.78, 5) is 14.4. The Morgan fingerprint density at radius 2 is 0.800 bits per heavy atom. The average Bonchev–Trinajstić information content (AvgIpc) is 3.60. The number of hydrogen-bond donors (Lipinski definition) is 0. The van der Waals surface area contributed by atoms with E-state index in [0.717, 1.165) is 39.2 Å². The van der Waals surface area contributed by atoms with Gasteiger partial charge in [0.2, 0.25) is 0 Å². The molecule has 0 unspecified atom stereocenters. The van der Waals surface area contributed by atoms with E-state index in [1.165, 1.54) is 82.2 Å². The van der Waals surface area contributed by atoms with E-state index < -0.39 is 0 Å². The van der Waals surface area contributed by atoms with Crippen LogP contribution in [0.25, 0.3) is 89.5 Å². The monoisotopic (exact) mass is 769 g/mol. The highest BCUT2D eigenvalue weighted by Gasteiger charge is 2.43. The standard InChI is InChI=1S/C57H43N3/c1-3-10-47(11-4-1)56-59-54(37-55(60-56)46-29-25-44(26-30-46)49-12-9-35-58-38-49)45-27-23-42(24-28-45)40-17-15-39(16-18-40)41-19-21-43(22-20-41)48-31-32-51-50-13-5-6-14-52(50)57(53(51)36-48)33-7-2-8-34-57/h1,3-6,9-32,35-38H,2,7-8,33-34H2. The molecule has 1 fully saturated rings. The first-order valence-electron chi connectivity index (χ1n) is 21.2. The van der Waals surface area contributed by atoms with Gasteiger partial charge in [-0.1, -0.05) is 189 Å². The molecule has 3 nitrogen and oxygen atoms in total. The minimum absolute atomic E-state index is 0.169. The summed E-state index contributed by atoms with van der Waals surface area (Å²) in [7, 11) is 0. The third-order valence-corrected chi connectivity index (χ3v) is 12.9. The van der Waals surface area contributed by atoms with Gasteiger partial charge < -0.3 is 0 Å². The molecule has 0 radical (unpaired) electrons. The van der Waals surface area contributed by atoms with Crippen LogP contribution in [0.3, 0.4) is 0 Å². The second kappa shape index (κ2) is 15.2. The second-order valence-electron chi connectivity index (χ2n) is 16.3. The van der Waals surface area contributed by atoms with E-state index in [1.54, 1.807) is 11.8 Å². The van der Waals surface area contributed by atoms with Crippen molar-refractivity contribution in [3.63, 3.8) is 0 Å². The molecule has 0 aliphatic heterocycles. The van der Waals surface area contributed by atoms with Gasteiger partial charge in [-0.2, -0.15) is 0 Å². The van der Waals surface area contributed by atoms with Crippen LogP contribution in [0.1, 0.15) is 43.2 Å². The molecule has 60 heavy (non-hydrogen) atoms. The summed E-state index contributed by atoms with van der Waals surface area (Å²) in [6.45, 7) is 0. The molecule has 11 rings (SSSR count). The van der Waals surface area contributed by atoms with E-state index in [4.69, 9.17) is 9.97 Å². The minimum atomic E-state index is 0.169. The topological polar surface area (TPSA) is 38.7 Å². The molecule has 7 aromatic carbocycles. The molecular formula is C57H43N3. The lowest BCUT2D eigenvalue weighted by molar-refractivity contribution is 0.353. The van der Waals surface area contributed by atoms with Gasteiger partial charge >= 0.3 is 0 Å². The Morgan fingerprint density at radius 1 is 0.333 bits per heavy atom. The summed E-state index contributed by atoms with van der Waals surface area (Å²) in [5.41, 5.74) is 20.5. The van der Waals surface area contributed by atoms with Crippen molar-refractivity contribution in [1.29, 1.82) is 0 Å². The van der Waals surface area contributed by atoms with E-state index in [0.29, 0.717) is 5.82 Å². The molecule has 9 aromatic rings. The molecule has 1 spiro atoms. The van der Waals surface area contributed by atoms with E-state index in [2.05, 4.69) is 169 Å². The predicted octanol–water partition coefficient (Wildman–Crippen LogP) is 14.8. The molecule has 286 valence electrons. The van der Waals surface area contributed by atoms with E-state index in [-0.39, 0.29) is 5.41 Å². The first kappa shape index (κ1) is 35.9. The van der Waals surface area contributed by atoms with Crippen LogP contribution >= 0.6 is 0 Å². The van der Waals surface area contributed by atoms with Crippen LogP contribution in [0.2, 0.25) is 0 Å². The van der Waals surface area contributed by atoms with Crippen molar-refractivity contribution in [2.75, 3.05) is 0 Å². The maximum Gasteiger partial charge on any atom is 0.160 e. The Balaban J connectivity index is 0.836. The summed E-state index contributed by atoms with van der Waals surface area (Å²) in [5.74, 6) is 0.707. The van der Waals surface area contributed by atoms with Gasteiger partial charge in [-0.3, -0.25) is 4.98 Å². The van der Waals surface area contributed by atoms with Gasteiger partial charge in [0.05, 0.1) is 11.4 Å². The number of rotatable bonds is 7. The third-order valence-electron chi connectivity index (χ3n) is 12.9. The smallest absolute Gasteiger partial charge is 0.160 e. The first-order valence-corrected chi connectivity index (χ1v) is 21.2. The maximum atomic E-state index is 5.06. The molecule has 0 N–H and O–H groups in total. The second-order valence-corrected chi connectivity index (χ2v) is 16.3. The molecule has 2 heterocycles. The Labute approximate surface area is 352 Å². The van der Waals surface area contributed by atoms with Crippen molar-refractivity contribution < 1.29 is 0 Å². The van der Waals surface area contributed by atoms with Crippen LogP contribution in [0, 0.1) is 0 Å². The SMILES string of the molecule is c1ccc(-c2nc(-c3ccc(-c4ccc(-c5ccc(-c6ccc7c(c6)C6(CCCCC6)c6ccccc6-7)cc5)cc4)cc3)cc(-c3ccc(-c4cccnc4)cc3)n2)cc1. The highest BCUT2D eigenvalue weighted by molar-refractivity contribution is 5.85. The Bertz CT molecular complexity index is 2950. The molecule has 3 heteroatoms. The molecule has 0 saturated heterocycles. The van der Waals surface area contributed by atoms with Gasteiger partial charge in [-0.25, -0.2) is 9.97 Å². The summed E-state index contributed by atoms with van der Waals surface area (Å²) in [6.07, 6.45) is 10.2. The summed E-state index contributed by atoms with van der Waals surface area (Å²) < 4.78 is 0. The van der Waals surface area contributed by atoms with E-state index >= 15 is 0 Å². The van der Waals surface area contributed by atoms with Gasteiger partial charge in [-0.05, 0) is 97.8 Å². The largest absolute Gasteiger partial charge is 0.264 e. The molecule has 2 aliphatic rings. The number of aromatic nitrogens is 3. The van der Waals surface area contributed by atoms with Gasteiger partial charge in [0.1, 0.15) is 0 Å². The number of nitrogens with zero attached hydrogens (tertiary/aromatic N) is 3. The zero-order valence-electron chi connectivity index (χ0n) is 33.4. The zero-order valence-corrected chi connectivity index (χ0v) is 33.4. The molecule has 1 saturated carbocycles. The van der Waals surface area contributed by atoms with Gasteiger partial charge in [0.25, 0.3) is 0 Å². The Kier molecular flexibility index (Phi) is 9.08. The normalized spacial score (nSPS) is 13.8. The van der Waals surface area contributed by atoms with Gasteiger partial charge in [0.15, 0.2) is 5.82 Å². The number of fused-ring (bicyclic) bond motifs is 5. The van der Waals surface area contributed by atoms with Crippen molar-refractivity contribution in [2.45, 2.75) is 37.5 Å². The van der Waals surface area contributed by atoms with Crippen molar-refractivity contribution in [1.82, 2.24) is 15.0 Å². The fraction of sp³-hybridized carbons (Fsp3) is 0.105. The maximum absolute atomic E-state index is 5.06. The lowest BCUT2D eigenvalue weighted by Gasteiger charge is -2.36. The molecule has 0 bridgehead atoms. The molecule has 0 amide bonds. The van der Waals surface area contributed by atoms with Crippen LogP contribution in [0.15, 0.2) is 200 Å². The average molecular weight is 770 g/mol. The van der Waals surface area contributed by atoms with Crippen LogP contribution in [-0.2, 0) is 5.41 Å². The highest BCUT2D eigenvalue weighted by Crippen LogP contribution is 2.56. The first-order chi connectivity index (χ1) is 29.7. The van der Waals surface area contributed by atoms with E-state index in [1.807, 2.05) is 30.5 Å². The highest BCUT2D eigenvalue weighted by atomic mass is 14.9. The molecule has 2 aliphatic carbocycles. The number of pyridine rings is 1. The van der Waals surface area contributed by atoms with Crippen molar-refractivity contribution in [3.8, 4) is 89.5 Å². The van der Waals surface area contributed by atoms with Crippen molar-refractivity contribution >= 4 is 0 Å². The van der Waals surface area contributed by atoms with Crippen LogP contribution in [0.4, 0.5) is 0 Å². The fourth-order valence-corrected chi connectivity index (χ4v) is 9.70. The summed E-state index contributed by atoms with van der Waals surface area (Å²) in [5, 5.41) is 0. The number of hydrogen-bond acceptors (Lipinski definition) is 3. The number of benzene rings is 7. The summed E-state index contributed by atoms with van der Waals surface area (Å²) >= 11 is 0. The molecule has 2 aromatic heterocycles. The van der Waals surface area contributed by atoms with Crippen LogP contribution in [-0.4, -0.2) is 15.0 Å². The minimum Gasteiger partial charge on any atom is -0.264 e. The predicted molar refractivity (Wildman–Crippen MR) is 247 cm³/mol. The lowest BCUT2D eigenvalue weighted by atomic mass is 9.67. The molecule has 0 atom stereocenters. The molecular weight excluding hydrogens is 727 g/mol. The van der Waals surface area contributed by atoms with Crippen molar-refractivity contribution in [2.24, 2.45) is 0 Å². The van der Waals surface area contributed by atoms with Crippen LogP contribution in [0.5, 0.6) is 0 Å². The zero-order chi connectivity index (χ0) is 39.9. The summed E-state index contributed by atoms with van der Waals surface area (Å²) in [6, 6.07) is 68.0. The lowest BCUT2D eigenvalue weighted by Crippen LogP contribution is -2.28. The van der Waals surface area contributed by atoms with Crippen LogP contribution < -0.4 is 0 Å². The van der Waals surface area contributed by atoms with E-state index in [9.17, 15) is 0 Å². The fourth-order valence-electron chi connectivity index (χ4n) is 9.70. The Hall–Kier alpha value is -7.23. The van der Waals surface area contributed by atoms with Crippen molar-refractivity contribution in [3.05, 3.63) is 212 Å². The third kappa shape index (κ3) is 6.53. The quantitative estimate of drug-likeness (QED) is 0.162. The Morgan fingerprint density at radius 3 is 1.37 bits per heavy atom. The van der Waals surface area contributed by atoms with Gasteiger partial charge in [0, 0.05) is 34.5 Å². The van der Waals surface area contributed by atoms with Gasteiger partial charge in [-0.15, -0.1) is 0 Å².